The average Bonchev–Trinajstić information content (AvgIpc) is 2.64. The highest BCUT2D eigenvalue weighted by atomic mass is 32.2. The van der Waals surface area contributed by atoms with Crippen LogP contribution in [0.4, 0.5) is 0 Å². The van der Waals surface area contributed by atoms with Crippen LogP contribution >= 0.6 is 0 Å². The number of nitrogens with one attached hydrogen (secondary N) is 2. The summed E-state index contributed by atoms with van der Waals surface area (Å²) in [5, 5.41) is 2.82. The van der Waals surface area contributed by atoms with Crippen LogP contribution in [0.1, 0.15) is 27.9 Å². The number of nitrogens with zero attached hydrogens (tertiary/aromatic N) is 1. The summed E-state index contributed by atoms with van der Waals surface area (Å²) in [6, 6.07) is 13.7. The molecular formula is C20H27N3O3S. The molecule has 0 fully saturated rings. The first-order valence-electron chi connectivity index (χ1n) is 8.87. The summed E-state index contributed by atoms with van der Waals surface area (Å²) in [6.45, 7) is 3.55. The van der Waals surface area contributed by atoms with Crippen molar-refractivity contribution in [1.29, 1.82) is 0 Å². The average molecular weight is 390 g/mol. The maximum absolute atomic E-state index is 12.6. The van der Waals surface area contributed by atoms with Crippen molar-refractivity contribution in [2.45, 2.75) is 24.8 Å². The topological polar surface area (TPSA) is 78.5 Å². The summed E-state index contributed by atoms with van der Waals surface area (Å²) in [5.41, 5.74) is 2.26. The van der Waals surface area contributed by atoms with Gasteiger partial charge in [-0.15, -0.1) is 0 Å². The van der Waals surface area contributed by atoms with Crippen molar-refractivity contribution in [3.05, 3.63) is 65.2 Å². The summed E-state index contributed by atoms with van der Waals surface area (Å²) >= 11 is 0. The van der Waals surface area contributed by atoms with Crippen LogP contribution in [0.25, 0.3) is 0 Å². The molecule has 146 valence electrons. The fraction of sp³-hybridized carbons (Fsp3) is 0.350. The molecular weight excluding hydrogens is 362 g/mol. The van der Waals surface area contributed by atoms with Crippen LogP contribution in [0, 0.1) is 6.92 Å². The van der Waals surface area contributed by atoms with E-state index in [-0.39, 0.29) is 17.3 Å². The first-order chi connectivity index (χ1) is 12.8. The van der Waals surface area contributed by atoms with Crippen molar-refractivity contribution in [3.8, 4) is 0 Å². The third-order valence-corrected chi connectivity index (χ3v) is 5.59. The monoisotopic (exact) mass is 389 g/mol. The maximum Gasteiger partial charge on any atom is 0.251 e. The SMILES string of the molecule is Cc1ccccc1CNS(=O)(=O)c1cccc(C(=O)NCCCN(C)C)c1. The third kappa shape index (κ3) is 6.46. The zero-order chi connectivity index (χ0) is 19.9. The molecule has 27 heavy (non-hydrogen) atoms. The van der Waals surface area contributed by atoms with Crippen LogP contribution in [-0.2, 0) is 16.6 Å². The van der Waals surface area contributed by atoms with Gasteiger partial charge in [-0.3, -0.25) is 4.79 Å². The zero-order valence-corrected chi connectivity index (χ0v) is 16.8. The molecule has 0 aliphatic carbocycles. The van der Waals surface area contributed by atoms with Gasteiger partial charge in [0.2, 0.25) is 10.0 Å². The molecule has 2 rings (SSSR count). The van der Waals surface area contributed by atoms with Gasteiger partial charge in [-0.25, -0.2) is 13.1 Å². The Labute approximate surface area is 161 Å². The number of carbonyl (C=O) groups is 1. The molecule has 2 N–H and O–H groups in total. The number of sulfonamides is 1. The first kappa shape index (κ1) is 21.1. The minimum atomic E-state index is -3.70. The molecule has 0 aromatic heterocycles. The molecule has 0 heterocycles. The molecule has 0 spiro atoms. The molecule has 2 aromatic carbocycles. The van der Waals surface area contributed by atoms with E-state index in [9.17, 15) is 13.2 Å². The quantitative estimate of drug-likeness (QED) is 0.644. The largest absolute Gasteiger partial charge is 0.352 e. The Kier molecular flexibility index (Phi) is 7.53. The summed E-state index contributed by atoms with van der Waals surface area (Å²) in [4.78, 5) is 14.4. The Morgan fingerprint density at radius 1 is 1.07 bits per heavy atom. The molecule has 0 unspecified atom stereocenters. The highest BCUT2D eigenvalue weighted by molar-refractivity contribution is 7.89. The summed E-state index contributed by atoms with van der Waals surface area (Å²) in [7, 11) is 0.240. The van der Waals surface area contributed by atoms with E-state index in [0.29, 0.717) is 12.1 Å². The Hall–Kier alpha value is -2.22. The molecule has 0 atom stereocenters. The van der Waals surface area contributed by atoms with E-state index in [1.807, 2.05) is 50.2 Å². The molecule has 0 aliphatic rings. The van der Waals surface area contributed by atoms with Crippen molar-refractivity contribution in [2.75, 3.05) is 27.2 Å². The third-order valence-electron chi connectivity index (χ3n) is 4.19. The lowest BCUT2D eigenvalue weighted by molar-refractivity contribution is 0.0952. The van der Waals surface area contributed by atoms with Gasteiger partial charge in [-0.05, 0) is 63.3 Å². The van der Waals surface area contributed by atoms with Gasteiger partial charge in [0.25, 0.3) is 5.91 Å². The molecule has 1 amide bonds. The van der Waals surface area contributed by atoms with E-state index in [2.05, 4.69) is 10.0 Å². The molecule has 0 aliphatic heterocycles. The normalized spacial score (nSPS) is 11.6. The standard InChI is InChI=1S/C20H27N3O3S/c1-16-8-4-5-9-18(16)15-22-27(25,26)19-11-6-10-17(14-19)20(24)21-12-7-13-23(2)3/h4-6,8-11,14,22H,7,12-13,15H2,1-3H3,(H,21,24). The number of rotatable bonds is 9. The van der Waals surface area contributed by atoms with Crippen molar-refractivity contribution in [3.63, 3.8) is 0 Å². The Morgan fingerprint density at radius 3 is 2.52 bits per heavy atom. The fourth-order valence-electron chi connectivity index (χ4n) is 2.57. The van der Waals surface area contributed by atoms with Gasteiger partial charge in [0, 0.05) is 18.7 Å². The van der Waals surface area contributed by atoms with Crippen LogP contribution in [0.3, 0.4) is 0 Å². The molecule has 0 bridgehead atoms. The summed E-state index contributed by atoms with van der Waals surface area (Å²) in [5.74, 6) is -0.273. The Balaban J connectivity index is 2.02. The van der Waals surface area contributed by atoms with Gasteiger partial charge in [0.15, 0.2) is 0 Å². The molecule has 2 aromatic rings. The van der Waals surface area contributed by atoms with Gasteiger partial charge in [0.1, 0.15) is 0 Å². The van der Waals surface area contributed by atoms with Crippen molar-refractivity contribution < 1.29 is 13.2 Å². The van der Waals surface area contributed by atoms with Crippen LogP contribution < -0.4 is 10.0 Å². The van der Waals surface area contributed by atoms with E-state index in [1.54, 1.807) is 12.1 Å². The van der Waals surface area contributed by atoms with Gasteiger partial charge < -0.3 is 10.2 Å². The molecule has 6 nitrogen and oxygen atoms in total. The number of carbonyl (C=O) groups excluding carboxylic acids is 1. The van der Waals surface area contributed by atoms with Crippen LogP contribution in [0.2, 0.25) is 0 Å². The lowest BCUT2D eigenvalue weighted by Gasteiger charge is -2.11. The highest BCUT2D eigenvalue weighted by Gasteiger charge is 2.16. The number of aryl methyl sites for hydroxylation is 1. The van der Waals surface area contributed by atoms with Crippen molar-refractivity contribution in [2.24, 2.45) is 0 Å². The van der Waals surface area contributed by atoms with Gasteiger partial charge in [0.05, 0.1) is 4.90 Å². The molecule has 0 radical (unpaired) electrons. The minimum absolute atomic E-state index is 0.0806. The molecule has 0 saturated carbocycles. The number of hydrogen-bond acceptors (Lipinski definition) is 4. The van der Waals surface area contributed by atoms with Crippen molar-refractivity contribution >= 4 is 15.9 Å². The highest BCUT2D eigenvalue weighted by Crippen LogP contribution is 2.13. The fourth-order valence-corrected chi connectivity index (χ4v) is 3.62. The smallest absolute Gasteiger partial charge is 0.251 e. The first-order valence-corrected chi connectivity index (χ1v) is 10.3. The van der Waals surface area contributed by atoms with Crippen LogP contribution in [0.15, 0.2) is 53.4 Å². The number of benzene rings is 2. The van der Waals surface area contributed by atoms with E-state index in [1.165, 1.54) is 12.1 Å². The maximum atomic E-state index is 12.6. The predicted molar refractivity (Wildman–Crippen MR) is 107 cm³/mol. The Bertz CT molecular complexity index is 880. The molecule has 7 heteroatoms. The van der Waals surface area contributed by atoms with Crippen LogP contribution in [-0.4, -0.2) is 46.4 Å². The second-order valence-corrected chi connectivity index (χ2v) is 8.46. The zero-order valence-electron chi connectivity index (χ0n) is 16.0. The minimum Gasteiger partial charge on any atom is -0.352 e. The van der Waals surface area contributed by atoms with E-state index < -0.39 is 10.0 Å². The van der Waals surface area contributed by atoms with E-state index in [0.717, 1.165) is 24.1 Å². The van der Waals surface area contributed by atoms with Gasteiger partial charge >= 0.3 is 0 Å². The van der Waals surface area contributed by atoms with Gasteiger partial charge in [-0.1, -0.05) is 30.3 Å². The number of hydrogen-bond donors (Lipinski definition) is 2. The second-order valence-electron chi connectivity index (χ2n) is 6.69. The van der Waals surface area contributed by atoms with E-state index in [4.69, 9.17) is 0 Å². The summed E-state index contributed by atoms with van der Waals surface area (Å²) in [6.07, 6.45) is 0.828. The summed E-state index contributed by atoms with van der Waals surface area (Å²) < 4.78 is 27.8. The lowest BCUT2D eigenvalue weighted by atomic mass is 10.1. The number of amides is 1. The Morgan fingerprint density at radius 2 is 1.81 bits per heavy atom. The van der Waals surface area contributed by atoms with Crippen LogP contribution in [0.5, 0.6) is 0 Å². The molecule has 0 saturated heterocycles. The second kappa shape index (κ2) is 9.64. The van der Waals surface area contributed by atoms with Crippen molar-refractivity contribution in [1.82, 2.24) is 14.9 Å². The van der Waals surface area contributed by atoms with E-state index >= 15 is 0 Å². The van der Waals surface area contributed by atoms with Gasteiger partial charge in [-0.2, -0.15) is 0 Å². The predicted octanol–water partition coefficient (Wildman–Crippen LogP) is 2.16. The lowest BCUT2D eigenvalue weighted by Crippen LogP contribution is -2.28.